The Hall–Kier alpha value is -2.30. The fourth-order valence-corrected chi connectivity index (χ4v) is 2.27. The Kier molecular flexibility index (Phi) is 4.98. The lowest BCUT2D eigenvalue weighted by atomic mass is 10.1. The van der Waals surface area contributed by atoms with Gasteiger partial charge in [-0.25, -0.2) is 4.98 Å². The molecule has 1 amide bonds. The normalized spacial score (nSPS) is 10.4. The summed E-state index contributed by atoms with van der Waals surface area (Å²) in [5, 5.41) is 6.04. The Labute approximate surface area is 125 Å². The minimum absolute atomic E-state index is 0.0642. The number of hydrogen-bond acceptors (Lipinski definition) is 3. The van der Waals surface area contributed by atoms with Crippen molar-refractivity contribution < 1.29 is 4.79 Å². The first-order valence-corrected chi connectivity index (χ1v) is 7.21. The van der Waals surface area contributed by atoms with Gasteiger partial charge in [-0.15, -0.1) is 0 Å². The zero-order valence-corrected chi connectivity index (χ0v) is 12.8. The maximum absolute atomic E-state index is 11.6. The van der Waals surface area contributed by atoms with Gasteiger partial charge in [0.1, 0.15) is 0 Å². The van der Waals surface area contributed by atoms with Gasteiger partial charge in [-0.3, -0.25) is 4.79 Å². The lowest BCUT2D eigenvalue weighted by Gasteiger charge is -2.12. The number of carbonyl (C=O) groups is 1. The Morgan fingerprint density at radius 1 is 1.38 bits per heavy atom. The molecular weight excluding hydrogens is 264 g/mol. The number of amides is 1. The van der Waals surface area contributed by atoms with Crippen LogP contribution in [0.25, 0.3) is 0 Å². The fraction of sp³-hybridized carbons (Fsp3) is 0.375. The minimum Gasteiger partial charge on any atom is -0.379 e. The number of aromatic nitrogens is 2. The topological polar surface area (TPSA) is 59.0 Å². The van der Waals surface area contributed by atoms with Crippen LogP contribution in [0.5, 0.6) is 0 Å². The van der Waals surface area contributed by atoms with E-state index in [-0.39, 0.29) is 5.91 Å². The molecule has 0 aliphatic carbocycles. The third-order valence-electron chi connectivity index (χ3n) is 3.44. The summed E-state index contributed by atoms with van der Waals surface area (Å²) in [5.41, 5.74) is 3.92. The Bertz CT molecular complexity index is 618. The van der Waals surface area contributed by atoms with E-state index in [0.717, 1.165) is 36.5 Å². The molecule has 0 aliphatic rings. The Morgan fingerprint density at radius 2 is 2.19 bits per heavy atom. The van der Waals surface area contributed by atoms with E-state index in [1.54, 1.807) is 7.05 Å². The molecule has 0 spiro atoms. The van der Waals surface area contributed by atoms with E-state index in [4.69, 9.17) is 0 Å². The number of imidazole rings is 1. The van der Waals surface area contributed by atoms with Gasteiger partial charge in [0.25, 0.3) is 5.91 Å². The second kappa shape index (κ2) is 6.92. The van der Waals surface area contributed by atoms with Crippen LogP contribution in [-0.2, 0) is 13.1 Å². The number of rotatable bonds is 6. The summed E-state index contributed by atoms with van der Waals surface area (Å²) in [5.74, 6) is -0.0642. The summed E-state index contributed by atoms with van der Waals surface area (Å²) in [6, 6.07) is 5.67. The molecule has 0 aliphatic heterocycles. The minimum atomic E-state index is -0.0642. The van der Waals surface area contributed by atoms with E-state index < -0.39 is 0 Å². The predicted octanol–water partition coefficient (Wildman–Crippen LogP) is 2.57. The second-order valence-electron chi connectivity index (χ2n) is 5.04. The highest BCUT2D eigenvalue weighted by atomic mass is 16.1. The molecule has 5 heteroatoms. The second-order valence-corrected chi connectivity index (χ2v) is 5.04. The molecule has 21 heavy (non-hydrogen) atoms. The van der Waals surface area contributed by atoms with Crippen molar-refractivity contribution in [2.75, 3.05) is 12.4 Å². The van der Waals surface area contributed by atoms with Crippen LogP contribution in [0, 0.1) is 6.92 Å². The number of benzene rings is 1. The molecule has 0 unspecified atom stereocenters. The summed E-state index contributed by atoms with van der Waals surface area (Å²) in [4.78, 5) is 15.8. The molecule has 0 saturated carbocycles. The van der Waals surface area contributed by atoms with Gasteiger partial charge in [0.2, 0.25) is 0 Å². The van der Waals surface area contributed by atoms with Gasteiger partial charge in [0.05, 0.1) is 18.6 Å². The van der Waals surface area contributed by atoms with Crippen molar-refractivity contribution in [3.63, 3.8) is 0 Å². The number of nitrogens with zero attached hydrogens (tertiary/aromatic N) is 2. The van der Waals surface area contributed by atoms with Crippen LogP contribution < -0.4 is 10.6 Å². The van der Waals surface area contributed by atoms with Gasteiger partial charge >= 0.3 is 0 Å². The number of hydrogen-bond donors (Lipinski definition) is 2. The predicted molar refractivity (Wildman–Crippen MR) is 84.4 cm³/mol. The van der Waals surface area contributed by atoms with Gasteiger partial charge in [-0.2, -0.15) is 0 Å². The van der Waals surface area contributed by atoms with E-state index in [1.807, 2.05) is 37.6 Å². The first-order valence-electron chi connectivity index (χ1n) is 7.21. The number of anilines is 1. The van der Waals surface area contributed by atoms with E-state index in [2.05, 4.69) is 27.1 Å². The SMILES string of the molecule is CCCn1cncc1CNc1ccc(C(=O)NC)cc1C. The van der Waals surface area contributed by atoms with Crippen molar-refractivity contribution in [1.29, 1.82) is 0 Å². The quantitative estimate of drug-likeness (QED) is 0.858. The standard InChI is InChI=1S/C16H22N4O/c1-4-7-20-11-18-9-14(20)10-19-15-6-5-13(8-12(15)2)16(21)17-3/h5-6,8-9,11,19H,4,7,10H2,1-3H3,(H,17,21). The van der Waals surface area contributed by atoms with Crippen LogP contribution in [0.2, 0.25) is 0 Å². The van der Waals surface area contributed by atoms with Crippen molar-refractivity contribution in [2.24, 2.45) is 0 Å². The first kappa shape index (κ1) is 15.1. The molecule has 1 heterocycles. The fourth-order valence-electron chi connectivity index (χ4n) is 2.27. The van der Waals surface area contributed by atoms with Crippen LogP contribution >= 0.6 is 0 Å². The zero-order valence-electron chi connectivity index (χ0n) is 12.8. The molecule has 2 aromatic rings. The lowest BCUT2D eigenvalue weighted by molar-refractivity contribution is 0.0963. The van der Waals surface area contributed by atoms with Crippen molar-refractivity contribution in [3.05, 3.63) is 47.5 Å². The van der Waals surface area contributed by atoms with Gasteiger partial charge in [-0.05, 0) is 37.1 Å². The van der Waals surface area contributed by atoms with Crippen molar-refractivity contribution in [3.8, 4) is 0 Å². The molecule has 1 aromatic carbocycles. The Morgan fingerprint density at radius 3 is 2.86 bits per heavy atom. The average molecular weight is 286 g/mol. The van der Waals surface area contributed by atoms with Gasteiger partial charge in [0, 0.05) is 31.0 Å². The molecular formula is C16H22N4O. The first-order chi connectivity index (χ1) is 10.2. The summed E-state index contributed by atoms with van der Waals surface area (Å²) < 4.78 is 2.15. The molecule has 112 valence electrons. The summed E-state index contributed by atoms with van der Waals surface area (Å²) in [6.45, 7) is 5.85. The zero-order chi connectivity index (χ0) is 15.2. The highest BCUT2D eigenvalue weighted by Gasteiger charge is 2.07. The lowest BCUT2D eigenvalue weighted by Crippen LogP contribution is -2.18. The van der Waals surface area contributed by atoms with E-state index in [1.165, 1.54) is 0 Å². The molecule has 5 nitrogen and oxygen atoms in total. The summed E-state index contributed by atoms with van der Waals surface area (Å²) in [7, 11) is 1.64. The molecule has 0 radical (unpaired) electrons. The molecule has 0 fully saturated rings. The van der Waals surface area contributed by atoms with Crippen LogP contribution in [0.3, 0.4) is 0 Å². The third kappa shape index (κ3) is 3.62. The molecule has 0 saturated heterocycles. The average Bonchev–Trinajstić information content (AvgIpc) is 2.93. The Balaban J connectivity index is 2.06. The van der Waals surface area contributed by atoms with E-state index >= 15 is 0 Å². The molecule has 2 N–H and O–H groups in total. The van der Waals surface area contributed by atoms with Crippen molar-refractivity contribution in [2.45, 2.75) is 33.4 Å². The van der Waals surface area contributed by atoms with Crippen molar-refractivity contribution >= 4 is 11.6 Å². The number of nitrogens with one attached hydrogen (secondary N) is 2. The largest absolute Gasteiger partial charge is 0.379 e. The number of carbonyl (C=O) groups excluding carboxylic acids is 1. The molecule has 0 atom stereocenters. The van der Waals surface area contributed by atoms with E-state index in [9.17, 15) is 4.79 Å². The molecule has 0 bridgehead atoms. The van der Waals surface area contributed by atoms with Crippen LogP contribution in [0.15, 0.2) is 30.7 Å². The molecule has 2 rings (SSSR count). The maximum atomic E-state index is 11.6. The summed E-state index contributed by atoms with van der Waals surface area (Å²) in [6.07, 6.45) is 4.84. The smallest absolute Gasteiger partial charge is 0.251 e. The van der Waals surface area contributed by atoms with Crippen molar-refractivity contribution in [1.82, 2.24) is 14.9 Å². The highest BCUT2D eigenvalue weighted by molar-refractivity contribution is 5.94. The third-order valence-corrected chi connectivity index (χ3v) is 3.44. The van der Waals surface area contributed by atoms with E-state index in [0.29, 0.717) is 5.56 Å². The highest BCUT2D eigenvalue weighted by Crippen LogP contribution is 2.17. The van der Waals surface area contributed by atoms with Gasteiger partial charge < -0.3 is 15.2 Å². The van der Waals surface area contributed by atoms with Gasteiger partial charge in [-0.1, -0.05) is 6.92 Å². The van der Waals surface area contributed by atoms with Crippen LogP contribution in [0.4, 0.5) is 5.69 Å². The molecule has 1 aromatic heterocycles. The maximum Gasteiger partial charge on any atom is 0.251 e. The number of aryl methyl sites for hydroxylation is 2. The monoisotopic (exact) mass is 286 g/mol. The van der Waals surface area contributed by atoms with Gasteiger partial charge in [0.15, 0.2) is 0 Å². The van der Waals surface area contributed by atoms with Crippen LogP contribution in [0.1, 0.15) is 35.0 Å². The summed E-state index contributed by atoms with van der Waals surface area (Å²) >= 11 is 0. The van der Waals surface area contributed by atoms with Crippen LogP contribution in [-0.4, -0.2) is 22.5 Å².